The zero-order chi connectivity index (χ0) is 14.5. The second kappa shape index (κ2) is 4.22. The van der Waals surface area contributed by atoms with Gasteiger partial charge in [-0.25, -0.2) is 0 Å². The van der Waals surface area contributed by atoms with Crippen LogP contribution in [0, 0.1) is 5.41 Å². The van der Waals surface area contributed by atoms with Gasteiger partial charge in [0.1, 0.15) is 0 Å². The van der Waals surface area contributed by atoms with Crippen LogP contribution in [0.4, 0.5) is 0 Å². The molecule has 0 atom stereocenters. The maximum Gasteiger partial charge on any atom is 0.0158 e. The second-order valence-electron chi connectivity index (χ2n) is 7.79. The molecule has 2 aromatic rings. The summed E-state index contributed by atoms with van der Waals surface area (Å²) in [5.41, 5.74) is 7.70. The third-order valence-corrected chi connectivity index (χ3v) is 4.38. The van der Waals surface area contributed by atoms with Crippen molar-refractivity contribution >= 4 is 0 Å². The Balaban J connectivity index is 2.13. The standard InChI is InChI=1S/C20H24/c1-19(2,3)13-14-10-11-16-15-8-6-7-9-17(15)20(4,5)18(16)12-14/h6-12H,13H2,1-5H3. The van der Waals surface area contributed by atoms with Crippen molar-refractivity contribution in [2.75, 3.05) is 0 Å². The van der Waals surface area contributed by atoms with Gasteiger partial charge in [0.25, 0.3) is 0 Å². The van der Waals surface area contributed by atoms with Crippen molar-refractivity contribution < 1.29 is 0 Å². The Morgan fingerprint density at radius 2 is 1.50 bits per heavy atom. The molecule has 0 saturated carbocycles. The van der Waals surface area contributed by atoms with Gasteiger partial charge in [-0.1, -0.05) is 77.1 Å². The Morgan fingerprint density at radius 1 is 0.850 bits per heavy atom. The van der Waals surface area contributed by atoms with E-state index in [1.807, 2.05) is 0 Å². The van der Waals surface area contributed by atoms with E-state index in [-0.39, 0.29) is 5.41 Å². The molecule has 0 aliphatic heterocycles. The molecule has 20 heavy (non-hydrogen) atoms. The molecule has 0 N–H and O–H groups in total. The van der Waals surface area contributed by atoms with Gasteiger partial charge >= 0.3 is 0 Å². The first-order valence-corrected chi connectivity index (χ1v) is 7.52. The Bertz CT molecular complexity index is 654. The maximum absolute atomic E-state index is 2.43. The fraction of sp³-hybridized carbons (Fsp3) is 0.400. The number of rotatable bonds is 1. The van der Waals surface area contributed by atoms with Crippen LogP contribution in [-0.4, -0.2) is 0 Å². The number of benzene rings is 2. The van der Waals surface area contributed by atoms with Gasteiger partial charge in [0, 0.05) is 5.41 Å². The summed E-state index contributed by atoms with van der Waals surface area (Å²) in [6.07, 6.45) is 1.13. The van der Waals surface area contributed by atoms with Gasteiger partial charge in [0.2, 0.25) is 0 Å². The van der Waals surface area contributed by atoms with E-state index in [1.165, 1.54) is 27.8 Å². The molecule has 1 aliphatic rings. The van der Waals surface area contributed by atoms with Gasteiger partial charge < -0.3 is 0 Å². The lowest BCUT2D eigenvalue weighted by Gasteiger charge is -2.23. The van der Waals surface area contributed by atoms with Gasteiger partial charge in [-0.2, -0.15) is 0 Å². The number of hydrogen-bond acceptors (Lipinski definition) is 0. The highest BCUT2D eigenvalue weighted by Gasteiger charge is 2.35. The molecule has 0 fully saturated rings. The minimum atomic E-state index is 0.125. The highest BCUT2D eigenvalue weighted by Crippen LogP contribution is 2.48. The molecule has 0 heteroatoms. The van der Waals surface area contributed by atoms with Gasteiger partial charge in [-0.15, -0.1) is 0 Å². The van der Waals surface area contributed by atoms with Gasteiger partial charge in [0.05, 0.1) is 0 Å². The van der Waals surface area contributed by atoms with Crippen molar-refractivity contribution in [3.05, 3.63) is 59.2 Å². The molecule has 0 nitrogen and oxygen atoms in total. The number of hydrogen-bond donors (Lipinski definition) is 0. The van der Waals surface area contributed by atoms with E-state index >= 15 is 0 Å². The zero-order valence-corrected chi connectivity index (χ0v) is 13.2. The average molecular weight is 264 g/mol. The first-order valence-electron chi connectivity index (χ1n) is 7.52. The van der Waals surface area contributed by atoms with Crippen molar-refractivity contribution in [1.29, 1.82) is 0 Å². The van der Waals surface area contributed by atoms with E-state index in [1.54, 1.807) is 0 Å². The summed E-state index contributed by atoms with van der Waals surface area (Å²) < 4.78 is 0. The molecule has 2 aromatic carbocycles. The monoisotopic (exact) mass is 264 g/mol. The third-order valence-electron chi connectivity index (χ3n) is 4.38. The molecule has 0 radical (unpaired) electrons. The molecule has 0 unspecified atom stereocenters. The summed E-state index contributed by atoms with van der Waals surface area (Å²) >= 11 is 0. The first kappa shape index (κ1) is 13.4. The molecule has 3 rings (SSSR count). The quantitative estimate of drug-likeness (QED) is 0.630. The normalized spacial score (nSPS) is 15.8. The Morgan fingerprint density at radius 3 is 2.20 bits per heavy atom. The molecule has 0 bridgehead atoms. The minimum Gasteiger partial charge on any atom is -0.0619 e. The van der Waals surface area contributed by atoms with Gasteiger partial charge in [-0.05, 0) is 39.7 Å². The second-order valence-corrected chi connectivity index (χ2v) is 7.79. The topological polar surface area (TPSA) is 0 Å². The summed E-state index contributed by atoms with van der Waals surface area (Å²) in [7, 11) is 0. The fourth-order valence-electron chi connectivity index (χ4n) is 3.47. The van der Waals surface area contributed by atoms with E-state index in [9.17, 15) is 0 Å². The van der Waals surface area contributed by atoms with Gasteiger partial charge in [0.15, 0.2) is 0 Å². The molecule has 0 amide bonds. The summed E-state index contributed by atoms with van der Waals surface area (Å²) in [5.74, 6) is 0. The first-order chi connectivity index (χ1) is 9.29. The predicted octanol–water partition coefficient (Wildman–Crippen LogP) is 5.58. The highest BCUT2D eigenvalue weighted by atomic mass is 14.4. The summed E-state index contributed by atoms with van der Waals surface area (Å²) in [4.78, 5) is 0. The molecular weight excluding hydrogens is 240 g/mol. The Kier molecular flexibility index (Phi) is 2.83. The van der Waals surface area contributed by atoms with Crippen molar-refractivity contribution in [3.8, 4) is 11.1 Å². The van der Waals surface area contributed by atoms with Crippen LogP contribution in [0.3, 0.4) is 0 Å². The van der Waals surface area contributed by atoms with Crippen LogP contribution in [-0.2, 0) is 11.8 Å². The van der Waals surface area contributed by atoms with Crippen molar-refractivity contribution in [2.45, 2.75) is 46.5 Å². The smallest absolute Gasteiger partial charge is 0.0158 e. The molecule has 0 saturated heterocycles. The van der Waals surface area contributed by atoms with Crippen LogP contribution in [0.5, 0.6) is 0 Å². The number of fused-ring (bicyclic) bond motifs is 3. The molecule has 104 valence electrons. The van der Waals surface area contributed by atoms with Crippen LogP contribution < -0.4 is 0 Å². The van der Waals surface area contributed by atoms with E-state index in [4.69, 9.17) is 0 Å². The predicted molar refractivity (Wildman–Crippen MR) is 87.2 cm³/mol. The summed E-state index contributed by atoms with van der Waals surface area (Å²) in [5, 5.41) is 0. The Hall–Kier alpha value is -1.56. The third kappa shape index (κ3) is 2.08. The van der Waals surface area contributed by atoms with E-state index < -0.39 is 0 Å². The Labute approximate surface area is 122 Å². The van der Waals surface area contributed by atoms with Crippen LogP contribution in [0.2, 0.25) is 0 Å². The summed E-state index contributed by atoms with van der Waals surface area (Å²) in [6.45, 7) is 11.6. The average Bonchev–Trinajstić information content (AvgIpc) is 2.58. The zero-order valence-electron chi connectivity index (χ0n) is 13.2. The molecule has 1 aliphatic carbocycles. The maximum atomic E-state index is 2.43. The molecule has 0 aromatic heterocycles. The van der Waals surface area contributed by atoms with E-state index in [0.717, 1.165) is 6.42 Å². The largest absolute Gasteiger partial charge is 0.0619 e. The fourth-order valence-corrected chi connectivity index (χ4v) is 3.47. The lowest BCUT2D eigenvalue weighted by atomic mass is 9.80. The van der Waals surface area contributed by atoms with Crippen molar-refractivity contribution in [3.63, 3.8) is 0 Å². The van der Waals surface area contributed by atoms with Crippen LogP contribution in [0.15, 0.2) is 42.5 Å². The van der Waals surface area contributed by atoms with Crippen molar-refractivity contribution in [2.24, 2.45) is 5.41 Å². The van der Waals surface area contributed by atoms with Crippen molar-refractivity contribution in [1.82, 2.24) is 0 Å². The van der Waals surface area contributed by atoms with E-state index in [2.05, 4.69) is 77.1 Å². The van der Waals surface area contributed by atoms with E-state index in [0.29, 0.717) is 5.41 Å². The molecule has 0 heterocycles. The van der Waals surface area contributed by atoms with Crippen LogP contribution in [0.1, 0.15) is 51.3 Å². The molecular formula is C20H24. The van der Waals surface area contributed by atoms with Crippen LogP contribution >= 0.6 is 0 Å². The molecule has 0 spiro atoms. The lowest BCUT2D eigenvalue weighted by molar-refractivity contribution is 0.411. The van der Waals surface area contributed by atoms with Gasteiger partial charge in [-0.3, -0.25) is 0 Å². The summed E-state index contributed by atoms with van der Waals surface area (Å²) in [6, 6.07) is 15.9. The highest BCUT2D eigenvalue weighted by molar-refractivity contribution is 5.80. The lowest BCUT2D eigenvalue weighted by Crippen LogP contribution is -2.16. The van der Waals surface area contributed by atoms with Crippen LogP contribution in [0.25, 0.3) is 11.1 Å². The SMILES string of the molecule is CC(C)(C)Cc1ccc2c(c1)C(C)(C)c1ccccc1-2. The minimum absolute atomic E-state index is 0.125.